The first kappa shape index (κ1) is 28.6. The standard InChI is InChI=1S/C25H31F3N4O4S/c1-16(2)10-22(24(33)30-14-17-6-5-8-29-13-17)31-25(34)23-7-3-4-9-32(23)37(35,36)15-19-20(27)11-18(26)12-21(19)28/h5-6,8,11-13,16,22-23H,3-4,7,9-10,14-15H2,1-2H3,(H,30,33)(H,31,34)/t22-,23-/m0/s1. The third kappa shape index (κ3) is 7.75. The van der Waals surface area contributed by atoms with Crippen LogP contribution in [0, 0.1) is 23.4 Å². The van der Waals surface area contributed by atoms with Gasteiger partial charge in [0.15, 0.2) is 0 Å². The number of piperidine rings is 1. The lowest BCUT2D eigenvalue weighted by atomic mass is 10.0. The average molecular weight is 541 g/mol. The number of carbonyl (C=O) groups is 2. The van der Waals surface area contributed by atoms with Gasteiger partial charge < -0.3 is 10.6 Å². The molecule has 0 unspecified atom stereocenters. The number of hydrogen-bond acceptors (Lipinski definition) is 5. The number of nitrogens with zero attached hydrogens (tertiary/aromatic N) is 2. The maximum Gasteiger partial charge on any atom is 0.242 e. The molecule has 0 saturated carbocycles. The van der Waals surface area contributed by atoms with Gasteiger partial charge in [-0.25, -0.2) is 21.6 Å². The number of halogens is 3. The third-order valence-electron chi connectivity index (χ3n) is 6.08. The van der Waals surface area contributed by atoms with E-state index in [0.717, 1.165) is 9.87 Å². The molecule has 2 amide bonds. The highest BCUT2D eigenvalue weighted by atomic mass is 32.2. The van der Waals surface area contributed by atoms with Crippen molar-refractivity contribution in [1.29, 1.82) is 0 Å². The quantitative estimate of drug-likeness (QED) is 0.482. The summed E-state index contributed by atoms with van der Waals surface area (Å²) >= 11 is 0. The maximum atomic E-state index is 14.2. The summed E-state index contributed by atoms with van der Waals surface area (Å²) in [7, 11) is -4.35. The Morgan fingerprint density at radius 3 is 2.49 bits per heavy atom. The Morgan fingerprint density at radius 1 is 1.16 bits per heavy atom. The summed E-state index contributed by atoms with van der Waals surface area (Å²) in [6.07, 6.45) is 4.73. The Bertz CT molecular complexity index is 1190. The third-order valence-corrected chi connectivity index (χ3v) is 7.88. The molecule has 2 atom stereocenters. The number of carbonyl (C=O) groups excluding carboxylic acids is 2. The van der Waals surface area contributed by atoms with Crippen molar-refractivity contribution < 1.29 is 31.2 Å². The average Bonchev–Trinajstić information content (AvgIpc) is 2.84. The molecule has 37 heavy (non-hydrogen) atoms. The predicted octanol–water partition coefficient (Wildman–Crippen LogP) is 3.03. The normalized spacial score (nSPS) is 17.4. The van der Waals surface area contributed by atoms with E-state index in [-0.39, 0.29) is 25.4 Å². The van der Waals surface area contributed by atoms with Gasteiger partial charge in [0.05, 0.1) is 5.75 Å². The molecule has 2 aromatic rings. The molecule has 12 heteroatoms. The summed E-state index contributed by atoms with van der Waals surface area (Å²) in [6, 6.07) is 2.29. The van der Waals surface area contributed by atoms with Gasteiger partial charge in [-0.2, -0.15) is 4.31 Å². The first-order chi connectivity index (χ1) is 17.5. The zero-order valence-electron chi connectivity index (χ0n) is 20.7. The van der Waals surface area contributed by atoms with E-state index in [1.807, 2.05) is 13.8 Å². The van der Waals surface area contributed by atoms with Crippen molar-refractivity contribution in [2.45, 2.75) is 63.9 Å². The van der Waals surface area contributed by atoms with Crippen molar-refractivity contribution in [3.05, 3.63) is 65.2 Å². The summed E-state index contributed by atoms with van der Waals surface area (Å²) in [5, 5.41) is 5.44. The van der Waals surface area contributed by atoms with Gasteiger partial charge >= 0.3 is 0 Å². The van der Waals surface area contributed by atoms with Crippen LogP contribution in [0.1, 0.15) is 50.7 Å². The first-order valence-electron chi connectivity index (χ1n) is 12.1. The minimum Gasteiger partial charge on any atom is -0.350 e. The smallest absolute Gasteiger partial charge is 0.242 e. The van der Waals surface area contributed by atoms with Crippen LogP contribution in [0.4, 0.5) is 13.2 Å². The highest BCUT2D eigenvalue weighted by Crippen LogP contribution is 2.26. The molecule has 1 aromatic carbocycles. The number of aromatic nitrogens is 1. The second kappa shape index (κ2) is 12.5. The van der Waals surface area contributed by atoms with Crippen LogP contribution < -0.4 is 10.6 Å². The molecule has 1 saturated heterocycles. The van der Waals surface area contributed by atoms with Crippen LogP contribution in [0.15, 0.2) is 36.7 Å². The van der Waals surface area contributed by atoms with E-state index >= 15 is 0 Å². The van der Waals surface area contributed by atoms with E-state index in [2.05, 4.69) is 15.6 Å². The van der Waals surface area contributed by atoms with Crippen molar-refractivity contribution in [2.24, 2.45) is 5.92 Å². The molecule has 0 aliphatic carbocycles. The van der Waals surface area contributed by atoms with Crippen LogP contribution in [-0.4, -0.2) is 48.1 Å². The second-order valence-electron chi connectivity index (χ2n) is 9.50. The zero-order valence-corrected chi connectivity index (χ0v) is 21.5. The van der Waals surface area contributed by atoms with Gasteiger partial charge in [0.2, 0.25) is 21.8 Å². The molecule has 1 aromatic heterocycles. The Morgan fingerprint density at radius 2 is 1.86 bits per heavy atom. The van der Waals surface area contributed by atoms with Gasteiger partial charge in [-0.15, -0.1) is 0 Å². The van der Waals surface area contributed by atoms with Crippen LogP contribution in [0.2, 0.25) is 0 Å². The molecule has 0 bridgehead atoms. The number of rotatable bonds is 10. The van der Waals surface area contributed by atoms with Crippen molar-refractivity contribution in [1.82, 2.24) is 19.9 Å². The van der Waals surface area contributed by atoms with E-state index in [4.69, 9.17) is 0 Å². The Hall–Kier alpha value is -2.99. The lowest BCUT2D eigenvalue weighted by molar-refractivity contribution is -0.132. The van der Waals surface area contributed by atoms with Gasteiger partial charge in [0, 0.05) is 43.2 Å². The topological polar surface area (TPSA) is 108 Å². The highest BCUT2D eigenvalue weighted by Gasteiger charge is 2.39. The van der Waals surface area contributed by atoms with Crippen molar-refractivity contribution >= 4 is 21.8 Å². The van der Waals surface area contributed by atoms with E-state index in [1.54, 1.807) is 24.5 Å². The molecule has 2 heterocycles. The predicted molar refractivity (Wildman–Crippen MR) is 131 cm³/mol. The largest absolute Gasteiger partial charge is 0.350 e. The number of sulfonamides is 1. The fourth-order valence-electron chi connectivity index (χ4n) is 4.26. The number of amides is 2. The summed E-state index contributed by atoms with van der Waals surface area (Å²) in [6.45, 7) is 3.95. The summed E-state index contributed by atoms with van der Waals surface area (Å²) in [4.78, 5) is 30.1. The fraction of sp³-hybridized carbons (Fsp3) is 0.480. The van der Waals surface area contributed by atoms with Crippen LogP contribution in [-0.2, 0) is 31.9 Å². The Labute approximate surface area is 214 Å². The van der Waals surface area contributed by atoms with Gasteiger partial charge in [0.1, 0.15) is 29.5 Å². The van der Waals surface area contributed by atoms with Crippen LogP contribution in [0.5, 0.6) is 0 Å². The number of hydrogen-bond donors (Lipinski definition) is 2. The van der Waals surface area contributed by atoms with Gasteiger partial charge in [0.25, 0.3) is 0 Å². The van der Waals surface area contributed by atoms with Gasteiger partial charge in [-0.1, -0.05) is 26.3 Å². The number of nitrogens with one attached hydrogen (secondary N) is 2. The van der Waals surface area contributed by atoms with Gasteiger partial charge in [-0.3, -0.25) is 14.6 Å². The summed E-state index contributed by atoms with van der Waals surface area (Å²) < 4.78 is 68.8. The maximum absolute atomic E-state index is 14.2. The van der Waals surface area contributed by atoms with Gasteiger partial charge in [-0.05, 0) is 36.8 Å². The molecule has 1 aliphatic rings. The minimum atomic E-state index is -4.35. The highest BCUT2D eigenvalue weighted by molar-refractivity contribution is 7.88. The van der Waals surface area contributed by atoms with E-state index < -0.39 is 62.7 Å². The number of pyridine rings is 1. The molecule has 1 aliphatic heterocycles. The summed E-state index contributed by atoms with van der Waals surface area (Å²) in [5.41, 5.74) is -0.0196. The van der Waals surface area contributed by atoms with E-state index in [9.17, 15) is 31.2 Å². The lowest BCUT2D eigenvalue weighted by Crippen LogP contribution is -2.56. The fourth-order valence-corrected chi connectivity index (χ4v) is 6.06. The zero-order chi connectivity index (χ0) is 27.2. The van der Waals surface area contributed by atoms with Crippen molar-refractivity contribution in [2.75, 3.05) is 6.54 Å². The SMILES string of the molecule is CC(C)C[C@H](NC(=O)[C@@H]1CCCCN1S(=O)(=O)Cc1c(F)cc(F)cc1F)C(=O)NCc1cccnc1. The number of benzene rings is 1. The molecule has 202 valence electrons. The van der Waals surface area contributed by atoms with Crippen LogP contribution in [0.25, 0.3) is 0 Å². The first-order valence-corrected chi connectivity index (χ1v) is 13.7. The van der Waals surface area contributed by atoms with Crippen LogP contribution in [0.3, 0.4) is 0 Å². The minimum absolute atomic E-state index is 0.0209. The molecular weight excluding hydrogens is 509 g/mol. The van der Waals surface area contributed by atoms with Crippen molar-refractivity contribution in [3.8, 4) is 0 Å². The lowest BCUT2D eigenvalue weighted by Gasteiger charge is -2.34. The summed E-state index contributed by atoms with van der Waals surface area (Å²) in [5.74, 6) is -5.90. The molecule has 0 radical (unpaired) electrons. The molecular formula is C25H31F3N4O4S. The monoisotopic (exact) mass is 540 g/mol. The molecule has 1 fully saturated rings. The van der Waals surface area contributed by atoms with E-state index in [0.29, 0.717) is 31.4 Å². The Kier molecular flexibility index (Phi) is 9.66. The van der Waals surface area contributed by atoms with E-state index in [1.165, 1.54) is 0 Å². The molecule has 3 rings (SSSR count). The van der Waals surface area contributed by atoms with Crippen LogP contribution >= 0.6 is 0 Å². The molecule has 2 N–H and O–H groups in total. The second-order valence-corrected chi connectivity index (χ2v) is 11.4. The molecule has 8 nitrogen and oxygen atoms in total. The van der Waals surface area contributed by atoms with Crippen molar-refractivity contribution in [3.63, 3.8) is 0 Å². The molecule has 0 spiro atoms. The Balaban J connectivity index is 1.75.